The summed E-state index contributed by atoms with van der Waals surface area (Å²) in [6, 6.07) is 3.74. The summed E-state index contributed by atoms with van der Waals surface area (Å²) in [5, 5.41) is 9.55. The van der Waals surface area contributed by atoms with E-state index >= 15 is 0 Å². The van der Waals surface area contributed by atoms with Gasteiger partial charge in [-0.2, -0.15) is 0 Å². The van der Waals surface area contributed by atoms with Gasteiger partial charge in [0, 0.05) is 25.6 Å². The maximum atomic E-state index is 11.9. The molecule has 0 saturated heterocycles. The van der Waals surface area contributed by atoms with Crippen LogP contribution in [0.5, 0.6) is 11.5 Å². The summed E-state index contributed by atoms with van der Waals surface area (Å²) < 4.78 is 11.3. The summed E-state index contributed by atoms with van der Waals surface area (Å²) in [5.74, 6) is 1.67. The van der Waals surface area contributed by atoms with Crippen LogP contribution in [0.4, 0.5) is 0 Å². The number of hydrogen-bond acceptors (Lipinski definition) is 4. The molecule has 0 bridgehead atoms. The Morgan fingerprint density at radius 2 is 1.96 bits per heavy atom. The number of benzene rings is 1. The van der Waals surface area contributed by atoms with Crippen molar-refractivity contribution in [3.63, 3.8) is 0 Å². The van der Waals surface area contributed by atoms with Crippen LogP contribution in [0.1, 0.15) is 32.8 Å². The van der Waals surface area contributed by atoms with E-state index < -0.39 is 0 Å². The molecular formula is C18H27ClN4O3. The number of carbonyl (C=O) groups is 1. The molecule has 0 saturated carbocycles. The number of hydrogen-bond donors (Lipinski definition) is 3. The number of halogens is 1. The Labute approximate surface area is 159 Å². The number of rotatable bonds is 4. The Hall–Kier alpha value is -2.15. The fraction of sp³-hybridized carbons (Fsp3) is 0.556. The average Bonchev–Trinajstić information content (AvgIpc) is 2.79. The van der Waals surface area contributed by atoms with E-state index in [1.165, 1.54) is 0 Å². The average molecular weight is 383 g/mol. The zero-order chi connectivity index (χ0) is 19.2. The summed E-state index contributed by atoms with van der Waals surface area (Å²) in [5.41, 5.74) is 0.664. The maximum Gasteiger partial charge on any atom is 0.239 e. The molecule has 1 amide bonds. The van der Waals surface area contributed by atoms with Crippen molar-refractivity contribution in [1.82, 2.24) is 16.0 Å². The molecule has 7 nitrogen and oxygen atoms in total. The lowest BCUT2D eigenvalue weighted by molar-refractivity contribution is -0.121. The summed E-state index contributed by atoms with van der Waals surface area (Å²) in [6.45, 7) is 7.63. The number of aliphatic imine (C=N–C) groups is 1. The summed E-state index contributed by atoms with van der Waals surface area (Å²) in [4.78, 5) is 16.0. The minimum absolute atomic E-state index is 0.0981. The molecule has 8 heteroatoms. The summed E-state index contributed by atoms with van der Waals surface area (Å²) in [7, 11) is 1.65. The Bertz CT molecular complexity index is 671. The molecule has 0 radical (unpaired) electrons. The first kappa shape index (κ1) is 20.2. The van der Waals surface area contributed by atoms with Crippen molar-refractivity contribution in [3.8, 4) is 11.5 Å². The second-order valence-electron chi connectivity index (χ2n) is 7.03. The predicted molar refractivity (Wildman–Crippen MR) is 103 cm³/mol. The number of fused-ring (bicyclic) bond motifs is 1. The Balaban J connectivity index is 1.91. The van der Waals surface area contributed by atoms with E-state index in [-0.39, 0.29) is 18.0 Å². The smallest absolute Gasteiger partial charge is 0.239 e. The normalized spacial score (nSPS) is 14.4. The van der Waals surface area contributed by atoms with Gasteiger partial charge in [-0.15, -0.1) is 0 Å². The molecule has 144 valence electrons. The molecule has 1 aromatic rings. The van der Waals surface area contributed by atoms with Gasteiger partial charge in [-0.1, -0.05) is 11.6 Å². The van der Waals surface area contributed by atoms with Gasteiger partial charge in [-0.3, -0.25) is 9.79 Å². The first-order valence-corrected chi connectivity index (χ1v) is 9.00. The molecule has 26 heavy (non-hydrogen) atoms. The van der Waals surface area contributed by atoms with Gasteiger partial charge in [0.15, 0.2) is 17.5 Å². The minimum atomic E-state index is -0.267. The highest BCUT2D eigenvalue weighted by atomic mass is 35.5. The van der Waals surface area contributed by atoms with Gasteiger partial charge >= 0.3 is 0 Å². The molecule has 0 atom stereocenters. The van der Waals surface area contributed by atoms with Gasteiger partial charge in [0.1, 0.15) is 0 Å². The van der Waals surface area contributed by atoms with Gasteiger partial charge < -0.3 is 25.4 Å². The van der Waals surface area contributed by atoms with Crippen LogP contribution in [0.2, 0.25) is 5.02 Å². The molecule has 2 rings (SSSR count). The van der Waals surface area contributed by atoms with Crippen molar-refractivity contribution < 1.29 is 14.3 Å². The van der Waals surface area contributed by atoms with Crippen molar-refractivity contribution in [1.29, 1.82) is 0 Å². The molecule has 0 aliphatic carbocycles. The highest BCUT2D eigenvalue weighted by molar-refractivity contribution is 6.32. The SMILES string of the molecule is CN=C(NCC(=O)NC(C)(C)C)NCc1cc(Cl)c2c(c1)OCCCO2. The van der Waals surface area contributed by atoms with E-state index in [1.807, 2.05) is 32.9 Å². The van der Waals surface area contributed by atoms with Crippen LogP contribution in [0.15, 0.2) is 17.1 Å². The quantitative estimate of drug-likeness (QED) is 0.548. The molecule has 0 unspecified atom stereocenters. The zero-order valence-electron chi connectivity index (χ0n) is 15.7. The summed E-state index contributed by atoms with van der Waals surface area (Å²) in [6.07, 6.45) is 0.825. The largest absolute Gasteiger partial charge is 0.489 e. The first-order chi connectivity index (χ1) is 12.3. The van der Waals surface area contributed by atoms with Crippen molar-refractivity contribution in [2.24, 2.45) is 4.99 Å². The van der Waals surface area contributed by atoms with E-state index in [4.69, 9.17) is 21.1 Å². The Kier molecular flexibility index (Phi) is 6.97. The maximum absolute atomic E-state index is 11.9. The van der Waals surface area contributed by atoms with E-state index in [0.717, 1.165) is 12.0 Å². The molecule has 3 N–H and O–H groups in total. The van der Waals surface area contributed by atoms with Gasteiger partial charge in [0.05, 0.1) is 24.8 Å². The first-order valence-electron chi connectivity index (χ1n) is 8.62. The second-order valence-corrected chi connectivity index (χ2v) is 7.44. The van der Waals surface area contributed by atoms with Gasteiger partial charge in [0.25, 0.3) is 0 Å². The highest BCUT2D eigenvalue weighted by Crippen LogP contribution is 2.37. The third kappa shape index (κ3) is 6.29. The fourth-order valence-electron chi connectivity index (χ4n) is 2.42. The third-order valence-corrected chi connectivity index (χ3v) is 3.76. The number of ether oxygens (including phenoxy) is 2. The molecule has 0 aromatic heterocycles. The Morgan fingerprint density at radius 3 is 2.65 bits per heavy atom. The van der Waals surface area contributed by atoms with Crippen LogP contribution in [0.3, 0.4) is 0 Å². The molecule has 1 heterocycles. The highest BCUT2D eigenvalue weighted by Gasteiger charge is 2.16. The second kappa shape index (κ2) is 8.98. The molecule has 1 aliphatic heterocycles. The minimum Gasteiger partial charge on any atom is -0.489 e. The lowest BCUT2D eigenvalue weighted by Crippen LogP contribution is -2.48. The van der Waals surface area contributed by atoms with Crippen LogP contribution < -0.4 is 25.4 Å². The third-order valence-electron chi connectivity index (χ3n) is 3.48. The van der Waals surface area contributed by atoms with Gasteiger partial charge in [0.2, 0.25) is 5.91 Å². The zero-order valence-corrected chi connectivity index (χ0v) is 16.5. The number of nitrogens with zero attached hydrogens (tertiary/aromatic N) is 1. The molecule has 1 aliphatic rings. The van der Waals surface area contributed by atoms with E-state index in [2.05, 4.69) is 20.9 Å². The van der Waals surface area contributed by atoms with Crippen molar-refractivity contribution in [2.45, 2.75) is 39.3 Å². The summed E-state index contributed by atoms with van der Waals surface area (Å²) >= 11 is 6.30. The number of amides is 1. The number of nitrogens with one attached hydrogen (secondary N) is 3. The van der Waals surface area contributed by atoms with Crippen molar-refractivity contribution in [2.75, 3.05) is 26.8 Å². The molecule has 0 spiro atoms. The standard InChI is InChI=1S/C18H27ClN4O3/c1-18(2,3)23-15(24)11-22-17(20-4)21-10-12-8-13(19)16-14(9-12)25-6-5-7-26-16/h8-9H,5-7,10-11H2,1-4H3,(H,23,24)(H2,20,21,22). The van der Waals surface area contributed by atoms with E-state index in [1.54, 1.807) is 7.05 Å². The van der Waals surface area contributed by atoms with E-state index in [0.29, 0.717) is 42.2 Å². The van der Waals surface area contributed by atoms with E-state index in [9.17, 15) is 4.79 Å². The van der Waals surface area contributed by atoms with Gasteiger partial charge in [-0.05, 0) is 38.5 Å². The van der Waals surface area contributed by atoms with Crippen LogP contribution in [0.25, 0.3) is 0 Å². The Morgan fingerprint density at radius 1 is 1.23 bits per heavy atom. The van der Waals surface area contributed by atoms with Crippen LogP contribution in [0, 0.1) is 0 Å². The number of guanidine groups is 1. The molecule has 0 fully saturated rings. The topological polar surface area (TPSA) is 84.0 Å². The van der Waals surface area contributed by atoms with Crippen LogP contribution in [-0.4, -0.2) is 44.2 Å². The van der Waals surface area contributed by atoms with Crippen LogP contribution in [-0.2, 0) is 11.3 Å². The van der Waals surface area contributed by atoms with Crippen molar-refractivity contribution in [3.05, 3.63) is 22.7 Å². The number of carbonyl (C=O) groups excluding carboxylic acids is 1. The van der Waals surface area contributed by atoms with Crippen molar-refractivity contribution >= 4 is 23.5 Å². The molecule has 1 aromatic carbocycles. The monoisotopic (exact) mass is 382 g/mol. The van der Waals surface area contributed by atoms with Gasteiger partial charge in [-0.25, -0.2) is 0 Å². The lowest BCUT2D eigenvalue weighted by atomic mass is 10.1. The lowest BCUT2D eigenvalue weighted by Gasteiger charge is -2.21. The predicted octanol–water partition coefficient (Wildman–Crippen LogP) is 2.08. The fourth-order valence-corrected chi connectivity index (χ4v) is 2.71. The van der Waals surface area contributed by atoms with Crippen LogP contribution >= 0.6 is 11.6 Å². The molecular weight excluding hydrogens is 356 g/mol.